The second kappa shape index (κ2) is 13.2. The second-order valence-electron chi connectivity index (χ2n) is 7.19. The van der Waals surface area contributed by atoms with Gasteiger partial charge in [0.25, 0.3) is 0 Å². The van der Waals surface area contributed by atoms with Crippen molar-refractivity contribution in [2.24, 2.45) is 5.73 Å². The van der Waals surface area contributed by atoms with Gasteiger partial charge in [-0.15, -0.1) is 0 Å². The monoisotopic (exact) mass is 431 g/mol. The quantitative estimate of drug-likeness (QED) is 0.661. The van der Waals surface area contributed by atoms with Crippen LogP contribution in [0.4, 0.5) is 13.2 Å². The van der Waals surface area contributed by atoms with Crippen molar-refractivity contribution < 1.29 is 27.9 Å². The summed E-state index contributed by atoms with van der Waals surface area (Å²) in [7, 11) is 0. The van der Waals surface area contributed by atoms with Crippen LogP contribution in [0.5, 0.6) is 0 Å². The summed E-state index contributed by atoms with van der Waals surface area (Å²) in [4.78, 5) is 25.7. The molecule has 170 valence electrons. The number of nitrogens with two attached hydrogens (primary N) is 1. The number of carbonyl (C=O) groups excluding carboxylic acids is 1. The first-order valence-electron chi connectivity index (χ1n) is 10.2. The highest BCUT2D eigenvalue weighted by molar-refractivity contribution is 5.76. The molecular weight excluding hydrogens is 399 g/mol. The van der Waals surface area contributed by atoms with Crippen LogP contribution in [0, 0.1) is 0 Å². The first-order valence-corrected chi connectivity index (χ1v) is 10.2. The number of hydrogen-bond donors (Lipinski definition) is 2. The van der Waals surface area contributed by atoms with E-state index >= 15 is 0 Å². The number of piperidine rings is 1. The molecule has 1 aromatic rings. The number of carboxylic acid groups (broad SMARTS) is 1. The van der Waals surface area contributed by atoms with E-state index in [0.717, 1.165) is 51.9 Å². The van der Waals surface area contributed by atoms with Crippen LogP contribution < -0.4 is 5.73 Å². The summed E-state index contributed by atoms with van der Waals surface area (Å²) in [5.74, 6) is -2.48. The van der Waals surface area contributed by atoms with Gasteiger partial charge in [0, 0.05) is 38.6 Å². The van der Waals surface area contributed by atoms with Crippen LogP contribution in [-0.4, -0.2) is 71.7 Å². The SMILES string of the molecule is CCC(=O)N(CCCN)C1CCN(CCc2ccccc2)CC1.O=C(O)C(F)(F)F. The maximum absolute atomic E-state index is 12.2. The molecule has 0 bridgehead atoms. The van der Waals surface area contributed by atoms with Crippen molar-refractivity contribution in [2.45, 2.75) is 51.2 Å². The number of halogens is 3. The van der Waals surface area contributed by atoms with Gasteiger partial charge in [0.2, 0.25) is 5.91 Å². The van der Waals surface area contributed by atoms with Gasteiger partial charge in [-0.2, -0.15) is 13.2 Å². The Labute approximate surface area is 175 Å². The van der Waals surface area contributed by atoms with Crippen molar-refractivity contribution in [3.8, 4) is 0 Å². The van der Waals surface area contributed by atoms with Crippen LogP contribution in [0.1, 0.15) is 38.2 Å². The fourth-order valence-corrected chi connectivity index (χ4v) is 3.36. The summed E-state index contributed by atoms with van der Waals surface area (Å²) in [5, 5.41) is 7.12. The molecule has 1 fully saturated rings. The number of carbonyl (C=O) groups is 2. The minimum absolute atomic E-state index is 0.279. The number of carboxylic acids is 1. The van der Waals surface area contributed by atoms with E-state index in [1.54, 1.807) is 0 Å². The standard InChI is InChI=1S/C19H31N3O.C2HF3O2/c1-2-19(23)22(13-6-12-20)18-10-15-21(16-11-18)14-9-17-7-4-3-5-8-17;3-2(4,5)1(6)7/h3-5,7-8,18H,2,6,9-16,20H2,1H3;(H,6,7). The third-order valence-electron chi connectivity index (χ3n) is 5.03. The minimum Gasteiger partial charge on any atom is -0.475 e. The fraction of sp³-hybridized carbons (Fsp3) is 0.619. The fourth-order valence-electron chi connectivity index (χ4n) is 3.36. The van der Waals surface area contributed by atoms with Crippen LogP contribution in [0.25, 0.3) is 0 Å². The number of hydrogen-bond acceptors (Lipinski definition) is 4. The molecule has 9 heteroatoms. The summed E-state index contributed by atoms with van der Waals surface area (Å²) in [6.45, 7) is 6.72. The van der Waals surface area contributed by atoms with Gasteiger partial charge >= 0.3 is 12.1 Å². The smallest absolute Gasteiger partial charge is 0.475 e. The number of benzene rings is 1. The zero-order chi connectivity index (χ0) is 22.6. The normalized spacial score (nSPS) is 15.2. The molecule has 30 heavy (non-hydrogen) atoms. The molecule has 1 aliphatic heterocycles. The number of alkyl halides is 3. The molecule has 0 saturated carbocycles. The van der Waals surface area contributed by atoms with Gasteiger partial charge in [-0.1, -0.05) is 37.3 Å². The zero-order valence-corrected chi connectivity index (χ0v) is 17.4. The Balaban J connectivity index is 0.000000553. The molecule has 1 amide bonds. The third kappa shape index (κ3) is 9.58. The lowest BCUT2D eigenvalue weighted by atomic mass is 10.0. The molecule has 0 atom stereocenters. The van der Waals surface area contributed by atoms with E-state index in [-0.39, 0.29) is 5.91 Å². The molecule has 0 spiro atoms. The number of likely N-dealkylation sites (tertiary alicyclic amines) is 1. The Morgan fingerprint density at radius 3 is 2.23 bits per heavy atom. The highest BCUT2D eigenvalue weighted by atomic mass is 19.4. The van der Waals surface area contributed by atoms with Gasteiger partial charge in [0.05, 0.1) is 0 Å². The molecule has 1 aromatic carbocycles. The van der Waals surface area contributed by atoms with E-state index < -0.39 is 12.1 Å². The Hall–Kier alpha value is -2.13. The highest BCUT2D eigenvalue weighted by Crippen LogP contribution is 2.18. The van der Waals surface area contributed by atoms with Gasteiger partial charge in [-0.05, 0) is 37.8 Å². The minimum atomic E-state index is -5.08. The summed E-state index contributed by atoms with van der Waals surface area (Å²) in [6, 6.07) is 11.1. The third-order valence-corrected chi connectivity index (χ3v) is 5.03. The van der Waals surface area contributed by atoms with E-state index in [1.807, 2.05) is 6.92 Å². The first kappa shape index (κ1) is 25.9. The van der Waals surface area contributed by atoms with E-state index in [0.29, 0.717) is 19.0 Å². The van der Waals surface area contributed by atoms with Crippen molar-refractivity contribution >= 4 is 11.9 Å². The molecule has 0 unspecified atom stereocenters. The molecule has 2 rings (SSSR count). The van der Waals surface area contributed by atoms with E-state index in [1.165, 1.54) is 5.56 Å². The summed E-state index contributed by atoms with van der Waals surface area (Å²) in [6.07, 6.45) is -0.300. The van der Waals surface area contributed by atoms with Crippen LogP contribution in [0.3, 0.4) is 0 Å². The summed E-state index contributed by atoms with van der Waals surface area (Å²) < 4.78 is 31.7. The molecule has 1 heterocycles. The highest BCUT2D eigenvalue weighted by Gasteiger charge is 2.38. The van der Waals surface area contributed by atoms with E-state index in [4.69, 9.17) is 15.6 Å². The Bertz CT molecular complexity index is 633. The molecule has 3 N–H and O–H groups in total. The molecular formula is C21H32F3N3O3. The van der Waals surface area contributed by atoms with Crippen LogP contribution in [0.15, 0.2) is 30.3 Å². The molecule has 0 aliphatic carbocycles. The Kier molecular flexibility index (Phi) is 11.4. The van der Waals surface area contributed by atoms with E-state index in [2.05, 4.69) is 40.1 Å². The average Bonchev–Trinajstić information content (AvgIpc) is 2.73. The van der Waals surface area contributed by atoms with Gasteiger partial charge in [0.15, 0.2) is 0 Å². The lowest BCUT2D eigenvalue weighted by Crippen LogP contribution is -2.48. The zero-order valence-electron chi connectivity index (χ0n) is 17.4. The Morgan fingerprint density at radius 2 is 1.77 bits per heavy atom. The largest absolute Gasteiger partial charge is 0.490 e. The van der Waals surface area contributed by atoms with Gasteiger partial charge in [-0.25, -0.2) is 4.79 Å². The molecule has 0 radical (unpaired) electrons. The van der Waals surface area contributed by atoms with Gasteiger partial charge in [-0.3, -0.25) is 4.79 Å². The summed E-state index contributed by atoms with van der Waals surface area (Å²) >= 11 is 0. The first-order chi connectivity index (χ1) is 14.2. The predicted molar refractivity (Wildman–Crippen MR) is 109 cm³/mol. The lowest BCUT2D eigenvalue weighted by Gasteiger charge is -2.38. The van der Waals surface area contributed by atoms with Crippen LogP contribution in [0.2, 0.25) is 0 Å². The topological polar surface area (TPSA) is 86.9 Å². The van der Waals surface area contributed by atoms with Crippen molar-refractivity contribution in [2.75, 3.05) is 32.7 Å². The molecule has 1 saturated heterocycles. The average molecular weight is 431 g/mol. The van der Waals surface area contributed by atoms with Crippen LogP contribution in [-0.2, 0) is 16.0 Å². The maximum Gasteiger partial charge on any atom is 0.490 e. The summed E-state index contributed by atoms with van der Waals surface area (Å²) in [5.41, 5.74) is 7.02. The van der Waals surface area contributed by atoms with E-state index in [9.17, 15) is 18.0 Å². The van der Waals surface area contributed by atoms with Crippen molar-refractivity contribution in [3.63, 3.8) is 0 Å². The molecule has 1 aliphatic rings. The molecule has 6 nitrogen and oxygen atoms in total. The molecule has 0 aromatic heterocycles. The second-order valence-corrected chi connectivity index (χ2v) is 7.19. The van der Waals surface area contributed by atoms with Gasteiger partial charge < -0.3 is 20.6 Å². The van der Waals surface area contributed by atoms with Crippen molar-refractivity contribution in [1.29, 1.82) is 0 Å². The number of rotatable bonds is 8. The van der Waals surface area contributed by atoms with Crippen LogP contribution >= 0.6 is 0 Å². The predicted octanol–water partition coefficient (Wildman–Crippen LogP) is 2.91. The number of aliphatic carboxylic acids is 1. The lowest BCUT2D eigenvalue weighted by molar-refractivity contribution is -0.192. The maximum atomic E-state index is 12.2. The van der Waals surface area contributed by atoms with Crippen molar-refractivity contribution in [3.05, 3.63) is 35.9 Å². The van der Waals surface area contributed by atoms with Gasteiger partial charge in [0.1, 0.15) is 0 Å². The van der Waals surface area contributed by atoms with Crippen molar-refractivity contribution in [1.82, 2.24) is 9.80 Å². The number of amides is 1. The number of nitrogens with zero attached hydrogens (tertiary/aromatic N) is 2. The Morgan fingerprint density at radius 1 is 1.20 bits per heavy atom.